The summed E-state index contributed by atoms with van der Waals surface area (Å²) in [6, 6.07) is 0. The van der Waals surface area contributed by atoms with Gasteiger partial charge in [-0.1, -0.05) is 222 Å². The maximum atomic E-state index is 12.7. The van der Waals surface area contributed by atoms with E-state index in [1.807, 2.05) is 0 Å². The Bertz CT molecular complexity index is 1210. The van der Waals surface area contributed by atoms with Crippen molar-refractivity contribution in [1.29, 1.82) is 0 Å². The number of esters is 3. The van der Waals surface area contributed by atoms with Crippen LogP contribution in [-0.2, 0) is 28.6 Å². The summed E-state index contributed by atoms with van der Waals surface area (Å²) in [6.45, 7) is 6.42. The van der Waals surface area contributed by atoms with Crippen molar-refractivity contribution in [1.82, 2.24) is 0 Å². The maximum Gasteiger partial charge on any atom is 0.306 e. The third-order valence-corrected chi connectivity index (χ3v) is 11.4. The van der Waals surface area contributed by atoms with Gasteiger partial charge in [0.1, 0.15) is 13.2 Å². The summed E-state index contributed by atoms with van der Waals surface area (Å²) in [5, 5.41) is 0. The third-order valence-electron chi connectivity index (χ3n) is 11.4. The van der Waals surface area contributed by atoms with E-state index in [1.165, 1.54) is 103 Å². The lowest BCUT2D eigenvalue weighted by Gasteiger charge is -2.18. The molecule has 64 heavy (non-hydrogen) atoms. The minimum atomic E-state index is -0.778. The molecule has 6 heteroatoms. The number of allylic oxidation sites excluding steroid dienone is 12. The highest BCUT2D eigenvalue weighted by atomic mass is 16.6. The molecular weight excluding hydrogens is 793 g/mol. The van der Waals surface area contributed by atoms with Gasteiger partial charge in [-0.05, 0) is 89.9 Å². The SMILES string of the molecule is CC/C=C\C/C=C\C/C=C\C/C=C\CCCCCCCCCCCCCCC(=O)OCC(COC(=O)CCCCCCC)OC(=O)CCCCCCC/C=C\C/C=C\CCCCCC. The second-order valence-corrected chi connectivity index (χ2v) is 17.8. The van der Waals surface area contributed by atoms with Gasteiger partial charge in [0.2, 0.25) is 0 Å². The van der Waals surface area contributed by atoms with Crippen molar-refractivity contribution in [2.75, 3.05) is 13.2 Å². The minimum Gasteiger partial charge on any atom is -0.462 e. The van der Waals surface area contributed by atoms with Crippen molar-refractivity contribution in [2.45, 2.75) is 264 Å². The topological polar surface area (TPSA) is 78.9 Å². The largest absolute Gasteiger partial charge is 0.462 e. The number of rotatable bonds is 48. The molecule has 0 aromatic carbocycles. The fourth-order valence-electron chi connectivity index (χ4n) is 7.40. The van der Waals surface area contributed by atoms with Crippen molar-refractivity contribution in [3.8, 4) is 0 Å². The van der Waals surface area contributed by atoms with Crippen molar-refractivity contribution in [3.05, 3.63) is 72.9 Å². The Balaban J connectivity index is 4.11. The number of hydrogen-bond donors (Lipinski definition) is 0. The summed E-state index contributed by atoms with van der Waals surface area (Å²) in [5.41, 5.74) is 0. The fourth-order valence-corrected chi connectivity index (χ4v) is 7.40. The Morgan fingerprint density at radius 2 is 0.609 bits per heavy atom. The van der Waals surface area contributed by atoms with Crippen LogP contribution in [0.3, 0.4) is 0 Å². The second-order valence-electron chi connectivity index (χ2n) is 17.8. The molecule has 0 aromatic rings. The van der Waals surface area contributed by atoms with Crippen LogP contribution < -0.4 is 0 Å². The molecule has 0 radical (unpaired) electrons. The molecule has 0 aliphatic carbocycles. The molecule has 0 aliphatic heterocycles. The molecule has 0 aromatic heterocycles. The average molecular weight is 893 g/mol. The molecule has 0 spiro atoms. The molecule has 0 bridgehead atoms. The van der Waals surface area contributed by atoms with Crippen LogP contribution in [-0.4, -0.2) is 37.2 Å². The van der Waals surface area contributed by atoms with Gasteiger partial charge in [-0.25, -0.2) is 0 Å². The lowest BCUT2D eigenvalue weighted by Crippen LogP contribution is -2.30. The van der Waals surface area contributed by atoms with Gasteiger partial charge in [-0.2, -0.15) is 0 Å². The van der Waals surface area contributed by atoms with E-state index in [0.29, 0.717) is 19.3 Å². The normalized spacial score (nSPS) is 12.6. The number of ether oxygens (including phenoxy) is 3. The highest BCUT2D eigenvalue weighted by Crippen LogP contribution is 2.15. The zero-order valence-electron chi connectivity index (χ0n) is 42.0. The van der Waals surface area contributed by atoms with Crippen molar-refractivity contribution < 1.29 is 28.6 Å². The summed E-state index contributed by atoms with van der Waals surface area (Å²) in [7, 11) is 0. The Morgan fingerprint density at radius 1 is 0.328 bits per heavy atom. The first-order valence-electron chi connectivity index (χ1n) is 26.9. The predicted octanol–water partition coefficient (Wildman–Crippen LogP) is 17.8. The van der Waals surface area contributed by atoms with Gasteiger partial charge >= 0.3 is 17.9 Å². The van der Waals surface area contributed by atoms with Crippen LogP contribution in [0.2, 0.25) is 0 Å². The molecule has 0 saturated heterocycles. The van der Waals surface area contributed by atoms with Crippen LogP contribution in [0.5, 0.6) is 0 Å². The van der Waals surface area contributed by atoms with E-state index in [9.17, 15) is 14.4 Å². The van der Waals surface area contributed by atoms with Crippen LogP contribution >= 0.6 is 0 Å². The monoisotopic (exact) mass is 893 g/mol. The highest BCUT2D eigenvalue weighted by molar-refractivity contribution is 5.71. The molecular formula is C58H100O6. The number of carbonyl (C=O) groups is 3. The van der Waals surface area contributed by atoms with E-state index < -0.39 is 6.10 Å². The summed E-state index contributed by atoms with van der Waals surface area (Å²) < 4.78 is 16.7. The first-order chi connectivity index (χ1) is 31.5. The lowest BCUT2D eigenvalue weighted by molar-refractivity contribution is -0.167. The first kappa shape index (κ1) is 60.9. The summed E-state index contributed by atoms with van der Waals surface area (Å²) in [4.78, 5) is 37.7. The average Bonchev–Trinajstić information content (AvgIpc) is 3.29. The van der Waals surface area contributed by atoms with Gasteiger partial charge in [0.15, 0.2) is 6.10 Å². The maximum absolute atomic E-state index is 12.7. The molecule has 0 saturated carbocycles. The molecule has 0 fully saturated rings. The Morgan fingerprint density at radius 3 is 0.969 bits per heavy atom. The number of carbonyl (C=O) groups excluding carboxylic acids is 3. The standard InChI is InChI=1S/C58H100O6/c1-4-7-10-13-15-17-19-21-23-25-26-27-28-29-30-31-32-33-35-36-38-40-42-45-48-51-57(60)63-54-55(53-62-56(59)50-47-44-12-9-6-3)64-58(61)52-49-46-43-41-39-37-34-24-22-20-18-16-14-11-8-5-2/h7,10,15,17-18,20-21,23-24,26-27,34,55H,4-6,8-9,11-14,16,19,22,25,28-33,35-54H2,1-3H3/b10-7-,17-15-,20-18-,23-21-,27-26-,34-24-. The van der Waals surface area contributed by atoms with Gasteiger partial charge in [-0.3, -0.25) is 14.4 Å². The smallest absolute Gasteiger partial charge is 0.306 e. The van der Waals surface area contributed by atoms with E-state index in [4.69, 9.17) is 14.2 Å². The minimum absolute atomic E-state index is 0.0814. The van der Waals surface area contributed by atoms with Crippen LogP contribution in [0.15, 0.2) is 72.9 Å². The zero-order chi connectivity index (χ0) is 46.5. The molecule has 368 valence electrons. The lowest BCUT2D eigenvalue weighted by atomic mass is 10.0. The molecule has 1 unspecified atom stereocenters. The number of hydrogen-bond acceptors (Lipinski definition) is 6. The molecule has 1 atom stereocenters. The van der Waals surface area contributed by atoms with E-state index in [2.05, 4.69) is 93.7 Å². The van der Waals surface area contributed by atoms with Gasteiger partial charge in [-0.15, -0.1) is 0 Å². The van der Waals surface area contributed by atoms with Crippen molar-refractivity contribution in [3.63, 3.8) is 0 Å². The summed E-state index contributed by atoms with van der Waals surface area (Å²) in [6.07, 6.45) is 66.4. The van der Waals surface area contributed by atoms with E-state index >= 15 is 0 Å². The van der Waals surface area contributed by atoms with Gasteiger partial charge in [0.25, 0.3) is 0 Å². The predicted molar refractivity (Wildman–Crippen MR) is 274 cm³/mol. The van der Waals surface area contributed by atoms with Crippen LogP contribution in [0.4, 0.5) is 0 Å². The zero-order valence-corrected chi connectivity index (χ0v) is 42.0. The summed E-state index contributed by atoms with van der Waals surface area (Å²) in [5.74, 6) is -0.908. The quantitative estimate of drug-likeness (QED) is 0.0262. The van der Waals surface area contributed by atoms with E-state index in [0.717, 1.165) is 116 Å². The van der Waals surface area contributed by atoms with E-state index in [-0.39, 0.29) is 31.1 Å². The van der Waals surface area contributed by atoms with Crippen LogP contribution in [0, 0.1) is 0 Å². The van der Waals surface area contributed by atoms with Crippen LogP contribution in [0.1, 0.15) is 258 Å². The summed E-state index contributed by atoms with van der Waals surface area (Å²) >= 11 is 0. The molecule has 0 rings (SSSR count). The van der Waals surface area contributed by atoms with Crippen LogP contribution in [0.25, 0.3) is 0 Å². The number of unbranched alkanes of at least 4 members (excludes halogenated alkanes) is 25. The van der Waals surface area contributed by atoms with Gasteiger partial charge in [0.05, 0.1) is 0 Å². The Hall–Kier alpha value is -3.15. The van der Waals surface area contributed by atoms with Crippen molar-refractivity contribution in [2.24, 2.45) is 0 Å². The molecule has 0 aliphatic rings. The van der Waals surface area contributed by atoms with Gasteiger partial charge in [0, 0.05) is 19.3 Å². The molecule has 0 heterocycles. The first-order valence-corrected chi connectivity index (χ1v) is 26.9. The Kier molecular flexibility index (Phi) is 49.9. The molecule has 6 nitrogen and oxygen atoms in total. The molecule has 0 amide bonds. The fraction of sp³-hybridized carbons (Fsp3) is 0.741. The highest BCUT2D eigenvalue weighted by Gasteiger charge is 2.19. The van der Waals surface area contributed by atoms with Crippen molar-refractivity contribution >= 4 is 17.9 Å². The molecule has 0 N–H and O–H groups in total. The Labute approximate surface area is 395 Å². The van der Waals surface area contributed by atoms with Gasteiger partial charge < -0.3 is 14.2 Å². The third kappa shape index (κ3) is 49.9. The second kappa shape index (κ2) is 52.5. The van der Waals surface area contributed by atoms with E-state index in [1.54, 1.807) is 0 Å².